The minimum absolute atomic E-state index is 0.0223. The number of benzene rings is 3. The third-order valence-electron chi connectivity index (χ3n) is 6.77. The number of rotatable bonds is 5. The highest BCUT2D eigenvalue weighted by molar-refractivity contribution is 7.07. The number of nitrogens with zero attached hydrogens (tertiary/aromatic N) is 2. The summed E-state index contributed by atoms with van der Waals surface area (Å²) in [7, 11) is 1.65. The summed E-state index contributed by atoms with van der Waals surface area (Å²) in [5, 5.41) is 0. The van der Waals surface area contributed by atoms with Gasteiger partial charge in [0, 0.05) is 5.56 Å². The zero-order valence-electron chi connectivity index (χ0n) is 20.2. The molecule has 1 aliphatic heterocycles. The lowest BCUT2D eigenvalue weighted by atomic mass is 9.83. The van der Waals surface area contributed by atoms with Crippen LogP contribution in [0.4, 0.5) is 0 Å². The smallest absolute Gasteiger partial charge is 0.271 e. The minimum Gasteiger partial charge on any atom is -0.497 e. The van der Waals surface area contributed by atoms with Gasteiger partial charge in [-0.3, -0.25) is 9.36 Å². The van der Waals surface area contributed by atoms with Crippen LogP contribution in [0.3, 0.4) is 0 Å². The van der Waals surface area contributed by atoms with Crippen LogP contribution in [0.5, 0.6) is 11.5 Å². The monoisotopic (exact) mass is 494 g/mol. The summed E-state index contributed by atoms with van der Waals surface area (Å²) in [5.74, 6) is 1.59. The first-order valence-corrected chi connectivity index (χ1v) is 13.0. The average molecular weight is 495 g/mol. The van der Waals surface area contributed by atoms with Crippen LogP contribution in [-0.4, -0.2) is 18.3 Å². The van der Waals surface area contributed by atoms with Gasteiger partial charge in [-0.25, -0.2) is 4.99 Å². The van der Waals surface area contributed by atoms with Gasteiger partial charge >= 0.3 is 0 Å². The summed E-state index contributed by atoms with van der Waals surface area (Å²) in [6, 6.07) is 24.1. The fourth-order valence-electron chi connectivity index (χ4n) is 5.12. The maximum absolute atomic E-state index is 13.8. The van der Waals surface area contributed by atoms with Crippen LogP contribution in [0, 0.1) is 0 Å². The SMILES string of the molecule is CCOc1ccc(C2C3=C(N=c4sc(=Cc5cccc(OC)c5)c(=O)n42)c2ccccc2CC3)cc1. The molecule has 36 heavy (non-hydrogen) atoms. The van der Waals surface area contributed by atoms with E-state index in [2.05, 4.69) is 36.4 Å². The molecule has 0 bridgehead atoms. The van der Waals surface area contributed by atoms with Crippen molar-refractivity contribution in [3.63, 3.8) is 0 Å². The van der Waals surface area contributed by atoms with Crippen molar-refractivity contribution >= 4 is 23.1 Å². The Morgan fingerprint density at radius 2 is 1.86 bits per heavy atom. The molecule has 1 unspecified atom stereocenters. The van der Waals surface area contributed by atoms with Gasteiger partial charge in [0.25, 0.3) is 5.56 Å². The van der Waals surface area contributed by atoms with Gasteiger partial charge in [-0.2, -0.15) is 0 Å². The Morgan fingerprint density at radius 1 is 1.03 bits per heavy atom. The third kappa shape index (κ3) is 3.88. The van der Waals surface area contributed by atoms with Crippen LogP contribution in [0.15, 0.2) is 88.2 Å². The molecule has 180 valence electrons. The second-order valence-electron chi connectivity index (χ2n) is 8.89. The van der Waals surface area contributed by atoms with Gasteiger partial charge in [0.1, 0.15) is 11.5 Å². The Labute approximate surface area is 213 Å². The second kappa shape index (κ2) is 9.28. The molecule has 0 fully saturated rings. The van der Waals surface area contributed by atoms with E-state index >= 15 is 0 Å². The van der Waals surface area contributed by atoms with Crippen molar-refractivity contribution < 1.29 is 9.47 Å². The quantitative estimate of drug-likeness (QED) is 0.403. The summed E-state index contributed by atoms with van der Waals surface area (Å²) >= 11 is 1.44. The highest BCUT2D eigenvalue weighted by atomic mass is 32.1. The zero-order valence-corrected chi connectivity index (χ0v) is 21.0. The molecule has 6 rings (SSSR count). The number of allylic oxidation sites excluding steroid dienone is 1. The van der Waals surface area contributed by atoms with Crippen LogP contribution in [-0.2, 0) is 6.42 Å². The maximum atomic E-state index is 13.8. The first-order chi connectivity index (χ1) is 17.7. The van der Waals surface area contributed by atoms with Crippen molar-refractivity contribution in [1.82, 2.24) is 4.57 Å². The van der Waals surface area contributed by atoms with Gasteiger partial charge in [0.05, 0.1) is 30.0 Å². The molecule has 3 aromatic carbocycles. The number of ether oxygens (including phenoxy) is 2. The van der Waals surface area contributed by atoms with Crippen molar-refractivity contribution in [3.05, 3.63) is 120 Å². The standard InChI is InChI=1S/C30H26N2O3S/c1-3-35-22-14-11-21(12-15-22)28-25-16-13-20-8-4-5-10-24(20)27(25)31-30-32(28)29(33)26(36-30)18-19-7-6-9-23(17-19)34-2/h4-12,14-15,17-18,28H,3,13,16H2,1-2H3. The topological polar surface area (TPSA) is 52.8 Å². The Bertz CT molecular complexity index is 1660. The molecule has 0 amide bonds. The average Bonchev–Trinajstić information content (AvgIpc) is 3.22. The number of aryl methyl sites for hydroxylation is 1. The molecule has 1 aliphatic carbocycles. The van der Waals surface area contributed by atoms with Gasteiger partial charge < -0.3 is 9.47 Å². The lowest BCUT2D eigenvalue weighted by Gasteiger charge is -2.30. The van der Waals surface area contributed by atoms with E-state index in [1.54, 1.807) is 7.11 Å². The van der Waals surface area contributed by atoms with Crippen LogP contribution < -0.4 is 24.4 Å². The fraction of sp³-hybridized carbons (Fsp3) is 0.200. The van der Waals surface area contributed by atoms with E-state index in [9.17, 15) is 4.79 Å². The number of hydrogen-bond acceptors (Lipinski definition) is 5. The summed E-state index contributed by atoms with van der Waals surface area (Å²) < 4.78 is 13.6. The highest BCUT2D eigenvalue weighted by Crippen LogP contribution is 2.41. The molecule has 4 aromatic rings. The fourth-order valence-corrected chi connectivity index (χ4v) is 6.12. The molecule has 0 spiro atoms. The maximum Gasteiger partial charge on any atom is 0.271 e. The van der Waals surface area contributed by atoms with Crippen LogP contribution in [0.25, 0.3) is 11.8 Å². The molecular formula is C30H26N2O3S. The number of fused-ring (bicyclic) bond motifs is 3. The predicted molar refractivity (Wildman–Crippen MR) is 143 cm³/mol. The Hall–Kier alpha value is -3.90. The van der Waals surface area contributed by atoms with E-state index in [-0.39, 0.29) is 11.6 Å². The van der Waals surface area contributed by atoms with Crippen molar-refractivity contribution in [2.45, 2.75) is 25.8 Å². The van der Waals surface area contributed by atoms with Crippen molar-refractivity contribution in [2.75, 3.05) is 13.7 Å². The molecule has 1 atom stereocenters. The summed E-state index contributed by atoms with van der Waals surface area (Å²) in [5.41, 5.74) is 6.63. The molecule has 5 nitrogen and oxygen atoms in total. The second-order valence-corrected chi connectivity index (χ2v) is 9.90. The molecule has 0 N–H and O–H groups in total. The molecule has 0 saturated carbocycles. The minimum atomic E-state index is -0.201. The molecule has 2 aliphatic rings. The number of aromatic nitrogens is 1. The lowest BCUT2D eigenvalue weighted by Crippen LogP contribution is -2.38. The van der Waals surface area contributed by atoms with E-state index in [0.717, 1.165) is 46.0 Å². The van der Waals surface area contributed by atoms with Gasteiger partial charge in [-0.05, 0) is 72.4 Å². The third-order valence-corrected chi connectivity index (χ3v) is 7.75. The first-order valence-electron chi connectivity index (χ1n) is 12.2. The Balaban J connectivity index is 1.57. The van der Waals surface area contributed by atoms with E-state index in [1.165, 1.54) is 28.0 Å². The summed E-state index contributed by atoms with van der Waals surface area (Å²) in [4.78, 5) is 19.7. The van der Waals surface area contributed by atoms with Crippen LogP contribution in [0.1, 0.15) is 41.6 Å². The van der Waals surface area contributed by atoms with Gasteiger partial charge in [-0.1, -0.05) is 59.9 Å². The first kappa shape index (κ1) is 22.6. The molecular weight excluding hydrogens is 468 g/mol. The van der Waals surface area contributed by atoms with Crippen LogP contribution >= 0.6 is 11.3 Å². The largest absolute Gasteiger partial charge is 0.497 e. The molecule has 1 aromatic heterocycles. The van der Waals surface area contributed by atoms with Gasteiger partial charge in [0.2, 0.25) is 0 Å². The van der Waals surface area contributed by atoms with E-state index in [4.69, 9.17) is 14.5 Å². The molecule has 2 heterocycles. The van der Waals surface area contributed by atoms with Crippen LogP contribution in [0.2, 0.25) is 0 Å². The Kier molecular flexibility index (Phi) is 5.82. The van der Waals surface area contributed by atoms with Crippen molar-refractivity contribution in [2.24, 2.45) is 4.99 Å². The zero-order chi connectivity index (χ0) is 24.6. The number of hydrogen-bond donors (Lipinski definition) is 0. The molecule has 0 radical (unpaired) electrons. The predicted octanol–water partition coefficient (Wildman–Crippen LogP) is 4.73. The van der Waals surface area contributed by atoms with Gasteiger partial charge in [-0.15, -0.1) is 0 Å². The lowest BCUT2D eigenvalue weighted by molar-refractivity contribution is 0.340. The van der Waals surface area contributed by atoms with E-state index < -0.39 is 0 Å². The van der Waals surface area contributed by atoms with E-state index in [0.29, 0.717) is 11.1 Å². The summed E-state index contributed by atoms with van der Waals surface area (Å²) in [6.07, 6.45) is 3.73. The summed E-state index contributed by atoms with van der Waals surface area (Å²) in [6.45, 7) is 2.59. The molecule has 6 heteroatoms. The van der Waals surface area contributed by atoms with Gasteiger partial charge in [0.15, 0.2) is 4.80 Å². The number of thiazole rings is 1. The van der Waals surface area contributed by atoms with Crippen molar-refractivity contribution in [1.29, 1.82) is 0 Å². The molecule has 0 saturated heterocycles. The normalized spacial score (nSPS) is 16.6. The highest BCUT2D eigenvalue weighted by Gasteiger charge is 2.32. The van der Waals surface area contributed by atoms with E-state index in [1.807, 2.05) is 54.0 Å². The number of methoxy groups -OCH3 is 1. The Morgan fingerprint density at radius 3 is 2.67 bits per heavy atom. The van der Waals surface area contributed by atoms with Crippen molar-refractivity contribution in [3.8, 4) is 11.5 Å².